The maximum atomic E-state index is 11.6. The minimum Gasteiger partial charge on any atom is -0.497 e. The van der Waals surface area contributed by atoms with Crippen LogP contribution in [0.25, 0.3) is 10.4 Å². The predicted octanol–water partition coefficient (Wildman–Crippen LogP) is 3.28. The number of hydrogen-bond acceptors (Lipinski definition) is 5. The fourth-order valence-electron chi connectivity index (χ4n) is 1.83. The van der Waals surface area contributed by atoms with Crippen molar-refractivity contribution in [3.05, 3.63) is 40.8 Å². The zero-order valence-corrected chi connectivity index (χ0v) is 12.0. The van der Waals surface area contributed by atoms with Crippen LogP contribution in [0.4, 0.5) is 0 Å². The SMILES string of the molecule is COC(=O)c1cc(CC#N)c(-c2ccc(OC)cc2)s1. The van der Waals surface area contributed by atoms with Gasteiger partial charge in [0, 0.05) is 4.88 Å². The molecule has 0 amide bonds. The van der Waals surface area contributed by atoms with Crippen molar-refractivity contribution in [1.29, 1.82) is 5.26 Å². The van der Waals surface area contributed by atoms with Crippen LogP contribution in [0.5, 0.6) is 5.75 Å². The van der Waals surface area contributed by atoms with Crippen molar-refractivity contribution in [3.63, 3.8) is 0 Å². The van der Waals surface area contributed by atoms with Crippen molar-refractivity contribution in [2.45, 2.75) is 6.42 Å². The number of hydrogen-bond donors (Lipinski definition) is 0. The molecule has 1 aromatic heterocycles. The molecular formula is C15H13NO3S. The standard InChI is InChI=1S/C15H13NO3S/c1-18-12-5-3-10(4-6-12)14-11(7-8-16)9-13(20-14)15(17)19-2/h3-6,9H,7H2,1-2H3. The van der Waals surface area contributed by atoms with Gasteiger partial charge in [0.05, 0.1) is 26.7 Å². The van der Waals surface area contributed by atoms with Crippen molar-refractivity contribution >= 4 is 17.3 Å². The Kier molecular flexibility index (Phi) is 4.38. The molecule has 20 heavy (non-hydrogen) atoms. The van der Waals surface area contributed by atoms with E-state index < -0.39 is 0 Å². The van der Waals surface area contributed by atoms with E-state index in [1.54, 1.807) is 13.2 Å². The molecule has 2 aromatic rings. The van der Waals surface area contributed by atoms with Gasteiger partial charge in [-0.25, -0.2) is 4.79 Å². The quantitative estimate of drug-likeness (QED) is 0.810. The van der Waals surface area contributed by atoms with Gasteiger partial charge in [0.2, 0.25) is 0 Å². The first-order chi connectivity index (χ1) is 9.69. The fourth-order valence-corrected chi connectivity index (χ4v) is 2.94. The van der Waals surface area contributed by atoms with Crippen LogP contribution in [0.1, 0.15) is 15.2 Å². The summed E-state index contributed by atoms with van der Waals surface area (Å²) in [6.07, 6.45) is 0.259. The topological polar surface area (TPSA) is 59.3 Å². The number of ether oxygens (including phenoxy) is 2. The number of rotatable bonds is 4. The van der Waals surface area contributed by atoms with Gasteiger partial charge in [-0.2, -0.15) is 5.26 Å². The summed E-state index contributed by atoms with van der Waals surface area (Å²) in [6.45, 7) is 0. The molecule has 0 spiro atoms. The van der Waals surface area contributed by atoms with E-state index in [4.69, 9.17) is 14.7 Å². The third-order valence-corrected chi connectivity index (χ3v) is 4.02. The van der Waals surface area contributed by atoms with Crippen LogP contribution in [0.2, 0.25) is 0 Å². The monoisotopic (exact) mass is 287 g/mol. The molecule has 0 fully saturated rings. The summed E-state index contributed by atoms with van der Waals surface area (Å²) in [5, 5.41) is 8.90. The van der Waals surface area contributed by atoms with E-state index in [0.29, 0.717) is 4.88 Å². The highest BCUT2D eigenvalue weighted by atomic mass is 32.1. The molecule has 0 saturated carbocycles. The summed E-state index contributed by atoms with van der Waals surface area (Å²) in [5.41, 5.74) is 1.79. The maximum Gasteiger partial charge on any atom is 0.348 e. The van der Waals surface area contributed by atoms with Crippen molar-refractivity contribution < 1.29 is 14.3 Å². The summed E-state index contributed by atoms with van der Waals surface area (Å²) >= 11 is 1.33. The highest BCUT2D eigenvalue weighted by Gasteiger charge is 2.16. The van der Waals surface area contributed by atoms with Crippen molar-refractivity contribution in [3.8, 4) is 22.3 Å². The second kappa shape index (κ2) is 6.22. The first-order valence-corrected chi connectivity index (χ1v) is 6.73. The summed E-state index contributed by atoms with van der Waals surface area (Å²) in [4.78, 5) is 13.0. The Hall–Kier alpha value is -2.32. The lowest BCUT2D eigenvalue weighted by Crippen LogP contribution is -1.97. The normalized spacial score (nSPS) is 9.85. The largest absolute Gasteiger partial charge is 0.497 e. The van der Waals surface area contributed by atoms with Gasteiger partial charge in [-0.3, -0.25) is 0 Å². The second-order valence-electron chi connectivity index (χ2n) is 4.02. The highest BCUT2D eigenvalue weighted by molar-refractivity contribution is 7.17. The van der Waals surface area contributed by atoms with E-state index in [1.165, 1.54) is 18.4 Å². The lowest BCUT2D eigenvalue weighted by Gasteiger charge is -2.03. The van der Waals surface area contributed by atoms with Crippen LogP contribution < -0.4 is 4.74 Å². The summed E-state index contributed by atoms with van der Waals surface area (Å²) < 4.78 is 9.84. The van der Waals surface area contributed by atoms with Gasteiger partial charge in [0.25, 0.3) is 0 Å². The van der Waals surface area contributed by atoms with Gasteiger partial charge >= 0.3 is 5.97 Å². The van der Waals surface area contributed by atoms with E-state index >= 15 is 0 Å². The summed E-state index contributed by atoms with van der Waals surface area (Å²) in [5.74, 6) is 0.384. The van der Waals surface area contributed by atoms with Gasteiger partial charge in [-0.15, -0.1) is 11.3 Å². The molecule has 1 heterocycles. The van der Waals surface area contributed by atoms with Gasteiger partial charge in [0.15, 0.2) is 0 Å². The number of carbonyl (C=O) groups excluding carboxylic acids is 1. The third kappa shape index (κ3) is 2.81. The highest BCUT2D eigenvalue weighted by Crippen LogP contribution is 2.34. The third-order valence-electron chi connectivity index (χ3n) is 2.82. The van der Waals surface area contributed by atoms with Crippen LogP contribution in [0.15, 0.2) is 30.3 Å². The minimum atomic E-state index is -0.381. The first-order valence-electron chi connectivity index (χ1n) is 5.92. The second-order valence-corrected chi connectivity index (χ2v) is 5.07. The lowest BCUT2D eigenvalue weighted by molar-refractivity contribution is 0.0606. The van der Waals surface area contributed by atoms with E-state index in [9.17, 15) is 4.79 Å². The van der Waals surface area contributed by atoms with Gasteiger partial charge < -0.3 is 9.47 Å². The zero-order valence-electron chi connectivity index (χ0n) is 11.2. The minimum absolute atomic E-state index is 0.259. The van der Waals surface area contributed by atoms with Crippen LogP contribution in [0, 0.1) is 11.3 Å². The molecule has 5 heteroatoms. The smallest absolute Gasteiger partial charge is 0.348 e. The Labute approximate surface area is 121 Å². The molecule has 0 radical (unpaired) electrons. The number of carbonyl (C=O) groups is 1. The molecule has 0 N–H and O–H groups in total. The molecule has 0 atom stereocenters. The van der Waals surface area contributed by atoms with Gasteiger partial charge in [-0.05, 0) is 41.5 Å². The number of nitrogens with zero attached hydrogens (tertiary/aromatic N) is 1. The average Bonchev–Trinajstić information content (AvgIpc) is 2.91. The molecule has 2 rings (SSSR count). The number of thiophene rings is 1. The predicted molar refractivity (Wildman–Crippen MR) is 77.0 cm³/mol. The molecule has 0 saturated heterocycles. The molecule has 0 bridgehead atoms. The Bertz CT molecular complexity index is 653. The van der Waals surface area contributed by atoms with Crippen LogP contribution in [-0.2, 0) is 11.2 Å². The van der Waals surface area contributed by atoms with Gasteiger partial charge in [0.1, 0.15) is 10.6 Å². The fraction of sp³-hybridized carbons (Fsp3) is 0.200. The molecule has 102 valence electrons. The van der Waals surface area contributed by atoms with E-state index in [0.717, 1.165) is 21.8 Å². The number of nitriles is 1. The number of methoxy groups -OCH3 is 2. The van der Waals surface area contributed by atoms with Crippen LogP contribution in [-0.4, -0.2) is 20.2 Å². The number of esters is 1. The molecular weight excluding hydrogens is 274 g/mol. The first kappa shape index (κ1) is 14.1. The molecule has 0 aliphatic carbocycles. The molecule has 1 aromatic carbocycles. The summed E-state index contributed by atoms with van der Waals surface area (Å²) in [7, 11) is 2.95. The molecule has 0 unspecified atom stereocenters. The van der Waals surface area contributed by atoms with Crippen molar-refractivity contribution in [2.75, 3.05) is 14.2 Å². The van der Waals surface area contributed by atoms with Crippen LogP contribution >= 0.6 is 11.3 Å². The van der Waals surface area contributed by atoms with E-state index in [-0.39, 0.29) is 12.4 Å². The van der Waals surface area contributed by atoms with E-state index in [1.807, 2.05) is 24.3 Å². The lowest BCUT2D eigenvalue weighted by atomic mass is 10.1. The van der Waals surface area contributed by atoms with Crippen molar-refractivity contribution in [2.24, 2.45) is 0 Å². The van der Waals surface area contributed by atoms with Gasteiger partial charge in [-0.1, -0.05) is 0 Å². The molecule has 0 aliphatic rings. The molecule has 4 nitrogen and oxygen atoms in total. The average molecular weight is 287 g/mol. The Morgan fingerprint density at radius 3 is 2.55 bits per heavy atom. The maximum absolute atomic E-state index is 11.6. The zero-order chi connectivity index (χ0) is 14.5. The number of benzene rings is 1. The Balaban J connectivity index is 2.45. The Morgan fingerprint density at radius 1 is 1.30 bits per heavy atom. The van der Waals surface area contributed by atoms with Crippen LogP contribution in [0.3, 0.4) is 0 Å². The summed E-state index contributed by atoms with van der Waals surface area (Å²) in [6, 6.07) is 11.4. The molecule has 0 aliphatic heterocycles. The van der Waals surface area contributed by atoms with Crippen molar-refractivity contribution in [1.82, 2.24) is 0 Å². The van der Waals surface area contributed by atoms with E-state index in [2.05, 4.69) is 6.07 Å². The Morgan fingerprint density at radius 2 is 2.00 bits per heavy atom.